The zero-order valence-electron chi connectivity index (χ0n) is 22.4. The van der Waals surface area contributed by atoms with Crippen molar-refractivity contribution in [3.05, 3.63) is 40.8 Å². The first-order valence-corrected chi connectivity index (χ1v) is 13.8. The van der Waals surface area contributed by atoms with Crippen molar-refractivity contribution in [1.29, 1.82) is 0 Å². The van der Waals surface area contributed by atoms with Gasteiger partial charge in [-0.2, -0.15) is 0 Å². The molecular weight excluding hydrogens is 476 g/mol. The Morgan fingerprint density at radius 3 is 2.22 bits per heavy atom. The molecule has 1 heterocycles. The number of aliphatic carboxylic acids is 2. The van der Waals surface area contributed by atoms with E-state index in [1.807, 2.05) is 6.92 Å². The molecule has 0 radical (unpaired) electrons. The second-order valence-corrected chi connectivity index (χ2v) is 11.0. The predicted molar refractivity (Wildman–Crippen MR) is 143 cm³/mol. The van der Waals surface area contributed by atoms with E-state index in [9.17, 15) is 14.7 Å². The Hall–Kier alpha value is -2.32. The van der Waals surface area contributed by atoms with E-state index in [1.165, 1.54) is 16.0 Å². The van der Waals surface area contributed by atoms with Crippen LogP contribution in [0.1, 0.15) is 93.8 Å². The van der Waals surface area contributed by atoms with Gasteiger partial charge >= 0.3 is 11.9 Å². The molecule has 1 aromatic heterocycles. The highest BCUT2D eigenvalue weighted by Gasteiger charge is 2.20. The lowest BCUT2D eigenvalue weighted by Crippen LogP contribution is -2.17. The first kappa shape index (κ1) is 29.9. The van der Waals surface area contributed by atoms with Gasteiger partial charge < -0.3 is 14.9 Å². The number of aromatic nitrogens is 2. The fourth-order valence-electron chi connectivity index (χ4n) is 4.28. The van der Waals surface area contributed by atoms with E-state index in [4.69, 9.17) is 14.8 Å². The molecule has 0 bridgehead atoms. The summed E-state index contributed by atoms with van der Waals surface area (Å²) in [4.78, 5) is 28.3. The molecule has 0 saturated carbocycles. The monoisotopic (exact) mass is 518 g/mol. The van der Waals surface area contributed by atoms with Crippen molar-refractivity contribution in [2.75, 3.05) is 6.61 Å². The molecule has 0 spiro atoms. The largest absolute Gasteiger partial charge is 0.481 e. The molecule has 2 aromatic rings. The van der Waals surface area contributed by atoms with Crippen LogP contribution in [0.4, 0.5) is 0 Å². The smallest absolute Gasteiger partial charge is 0.306 e. The summed E-state index contributed by atoms with van der Waals surface area (Å²) in [7, 11) is 0. The maximum absolute atomic E-state index is 11.7. The molecule has 0 aliphatic carbocycles. The lowest BCUT2D eigenvalue weighted by molar-refractivity contribution is -0.143. The lowest BCUT2D eigenvalue weighted by Gasteiger charge is -2.15. The third kappa shape index (κ3) is 9.97. The van der Waals surface area contributed by atoms with Crippen LogP contribution >= 0.6 is 11.8 Å². The maximum Gasteiger partial charge on any atom is 0.306 e. The van der Waals surface area contributed by atoms with E-state index in [-0.39, 0.29) is 12.3 Å². The molecule has 7 nitrogen and oxygen atoms in total. The Balaban J connectivity index is 1.91. The highest BCUT2D eigenvalue weighted by Crippen LogP contribution is 2.35. The topological polar surface area (TPSA) is 102 Å². The summed E-state index contributed by atoms with van der Waals surface area (Å²) in [6, 6.07) is 6.52. The molecule has 2 N–H and O–H groups in total. The van der Waals surface area contributed by atoms with Gasteiger partial charge in [-0.1, -0.05) is 57.4 Å². The van der Waals surface area contributed by atoms with Crippen LogP contribution in [-0.2, 0) is 21.1 Å². The summed E-state index contributed by atoms with van der Waals surface area (Å²) < 4.78 is 8.06. The lowest BCUT2D eigenvalue weighted by atomic mass is 9.97. The Labute approximate surface area is 219 Å². The first-order chi connectivity index (χ1) is 17.1. The Bertz CT molecular complexity index is 982. The molecule has 2 rings (SSSR count). The van der Waals surface area contributed by atoms with Gasteiger partial charge in [0.05, 0.1) is 11.6 Å². The summed E-state index contributed by atoms with van der Waals surface area (Å²) in [5.41, 5.74) is 3.50. The molecular formula is C28H42N2O5S. The number of carboxylic acids is 2. The average molecular weight is 519 g/mol. The fourth-order valence-corrected chi connectivity index (χ4v) is 5.67. The minimum atomic E-state index is -0.781. The minimum absolute atomic E-state index is 0.203. The predicted octanol–water partition coefficient (Wildman–Crippen LogP) is 6.96. The molecule has 1 aromatic carbocycles. The van der Waals surface area contributed by atoms with E-state index in [1.54, 1.807) is 11.8 Å². The Morgan fingerprint density at radius 1 is 0.972 bits per heavy atom. The van der Waals surface area contributed by atoms with Gasteiger partial charge in [-0.3, -0.25) is 14.2 Å². The van der Waals surface area contributed by atoms with Gasteiger partial charge in [0.25, 0.3) is 0 Å². The number of carbonyl (C=O) groups is 2. The molecule has 0 aliphatic heterocycles. The van der Waals surface area contributed by atoms with Crippen molar-refractivity contribution < 1.29 is 24.5 Å². The van der Waals surface area contributed by atoms with Gasteiger partial charge in [0.15, 0.2) is 0 Å². The molecule has 0 amide bonds. The number of ether oxygens (including phenoxy) is 1. The summed E-state index contributed by atoms with van der Waals surface area (Å²) in [6.07, 6.45) is 5.55. The van der Waals surface area contributed by atoms with Crippen LogP contribution in [0, 0.1) is 26.7 Å². The average Bonchev–Trinajstić information content (AvgIpc) is 3.08. The van der Waals surface area contributed by atoms with Crippen LogP contribution in [-0.4, -0.2) is 38.3 Å². The van der Waals surface area contributed by atoms with Crippen LogP contribution in [0.2, 0.25) is 0 Å². The van der Waals surface area contributed by atoms with Crippen molar-refractivity contribution in [3.8, 4) is 0 Å². The first-order valence-electron chi connectivity index (χ1n) is 12.9. The molecule has 1 atom stereocenters. The van der Waals surface area contributed by atoms with Crippen LogP contribution in [0.5, 0.6) is 0 Å². The van der Waals surface area contributed by atoms with E-state index < -0.39 is 17.9 Å². The number of rotatable bonds is 17. The van der Waals surface area contributed by atoms with Gasteiger partial charge in [0, 0.05) is 17.9 Å². The zero-order chi connectivity index (χ0) is 26.7. The second-order valence-electron chi connectivity index (χ2n) is 9.92. The van der Waals surface area contributed by atoms with Crippen LogP contribution < -0.4 is 0 Å². The summed E-state index contributed by atoms with van der Waals surface area (Å²) in [5.74, 6) is -0.801. The van der Waals surface area contributed by atoms with Gasteiger partial charge in [0.1, 0.15) is 17.6 Å². The van der Waals surface area contributed by atoms with Gasteiger partial charge in [-0.15, -0.1) is 0 Å². The van der Waals surface area contributed by atoms with Gasteiger partial charge in [-0.05, 0) is 69.2 Å². The molecule has 0 fully saturated rings. The van der Waals surface area contributed by atoms with Crippen LogP contribution in [0.25, 0.3) is 0 Å². The number of carboxylic acid groups (broad SMARTS) is 2. The molecule has 0 saturated heterocycles. The number of hydrogen-bond acceptors (Lipinski definition) is 5. The number of unbranched alkanes of at least 4 members (excludes halogenated alkanes) is 4. The third-order valence-electron chi connectivity index (χ3n) is 6.22. The highest BCUT2D eigenvalue weighted by atomic mass is 32.2. The van der Waals surface area contributed by atoms with Crippen molar-refractivity contribution in [2.24, 2.45) is 5.92 Å². The summed E-state index contributed by atoms with van der Waals surface area (Å²) >= 11 is 1.70. The van der Waals surface area contributed by atoms with E-state index in [0.29, 0.717) is 32.6 Å². The Kier molecular flexibility index (Phi) is 12.5. The molecule has 36 heavy (non-hydrogen) atoms. The molecule has 1 unspecified atom stereocenters. The SMILES string of the molecule is Cc1cc(C)cc(Sc2c(C(C)C)nc(C)n2COCCC(CCCCCCCC(=O)O)C(=O)O)c1. The number of nitrogens with zero attached hydrogens (tertiary/aromatic N) is 2. The van der Waals surface area contributed by atoms with Gasteiger partial charge in [0.2, 0.25) is 0 Å². The Morgan fingerprint density at radius 2 is 1.61 bits per heavy atom. The quantitative estimate of drug-likeness (QED) is 0.218. The van der Waals surface area contributed by atoms with E-state index in [0.717, 1.165) is 42.2 Å². The minimum Gasteiger partial charge on any atom is -0.481 e. The number of benzene rings is 1. The van der Waals surface area contributed by atoms with Crippen molar-refractivity contribution in [1.82, 2.24) is 9.55 Å². The molecule has 8 heteroatoms. The summed E-state index contributed by atoms with van der Waals surface area (Å²) in [6.45, 7) is 11.2. The second kappa shape index (κ2) is 15.1. The number of aryl methyl sites for hydroxylation is 3. The van der Waals surface area contributed by atoms with Gasteiger partial charge in [-0.25, -0.2) is 4.98 Å². The zero-order valence-corrected chi connectivity index (χ0v) is 23.2. The standard InChI is InChI=1S/C28H42N2O5S/c1-19(2)26-27(36-24-16-20(3)15-21(4)17-24)30(22(5)29-26)18-35-14-13-23(28(33)34)11-9-7-6-8-10-12-25(31)32/h15-17,19,23H,6-14,18H2,1-5H3,(H,31,32)(H,33,34). The number of imidazole rings is 1. The molecule has 0 aliphatic rings. The van der Waals surface area contributed by atoms with Crippen LogP contribution in [0.3, 0.4) is 0 Å². The number of hydrogen-bond donors (Lipinski definition) is 2. The third-order valence-corrected chi connectivity index (χ3v) is 7.31. The summed E-state index contributed by atoms with van der Waals surface area (Å²) in [5, 5.41) is 19.4. The molecule has 200 valence electrons. The fraction of sp³-hybridized carbons (Fsp3) is 0.607. The van der Waals surface area contributed by atoms with E-state index >= 15 is 0 Å². The highest BCUT2D eigenvalue weighted by molar-refractivity contribution is 7.99. The van der Waals surface area contributed by atoms with Crippen molar-refractivity contribution in [3.63, 3.8) is 0 Å². The maximum atomic E-state index is 11.7. The van der Waals surface area contributed by atoms with Crippen molar-refractivity contribution >= 4 is 23.7 Å². The normalized spacial score (nSPS) is 12.3. The van der Waals surface area contributed by atoms with Crippen LogP contribution in [0.15, 0.2) is 28.1 Å². The van der Waals surface area contributed by atoms with Crippen molar-refractivity contribution in [2.45, 2.75) is 109 Å². The van der Waals surface area contributed by atoms with E-state index in [2.05, 4.69) is 50.5 Å².